The minimum absolute atomic E-state index is 0. The molecule has 1 aromatic rings. The van der Waals surface area contributed by atoms with Gasteiger partial charge in [-0.05, 0) is 43.9 Å². The summed E-state index contributed by atoms with van der Waals surface area (Å²) >= 11 is 0. The number of halogens is 1. The molecule has 3 rings (SSSR count). The summed E-state index contributed by atoms with van der Waals surface area (Å²) in [5, 5.41) is 3.61. The van der Waals surface area contributed by atoms with E-state index in [2.05, 4.69) is 12.2 Å². The van der Waals surface area contributed by atoms with Gasteiger partial charge in [-0.15, -0.1) is 12.4 Å². The van der Waals surface area contributed by atoms with Crippen LogP contribution in [0.5, 0.6) is 5.75 Å². The fourth-order valence-corrected chi connectivity index (χ4v) is 3.25. The molecule has 0 aliphatic carbocycles. The van der Waals surface area contributed by atoms with Gasteiger partial charge in [0.25, 0.3) is 5.91 Å². The molecule has 2 fully saturated rings. The van der Waals surface area contributed by atoms with E-state index in [4.69, 9.17) is 4.74 Å². The van der Waals surface area contributed by atoms with Gasteiger partial charge in [0.05, 0.1) is 6.61 Å². The van der Waals surface area contributed by atoms with Crippen LogP contribution in [0.15, 0.2) is 24.3 Å². The minimum Gasteiger partial charge on any atom is -0.494 e. The van der Waals surface area contributed by atoms with Gasteiger partial charge in [-0.1, -0.05) is 13.0 Å². The molecule has 2 bridgehead atoms. The van der Waals surface area contributed by atoms with Gasteiger partial charge in [0, 0.05) is 30.7 Å². The quantitative estimate of drug-likeness (QED) is 0.926. The van der Waals surface area contributed by atoms with Gasteiger partial charge >= 0.3 is 0 Å². The number of benzene rings is 1. The van der Waals surface area contributed by atoms with Crippen LogP contribution in [0, 0.1) is 0 Å². The number of carbonyl (C=O) groups excluding carboxylic acids is 1. The van der Waals surface area contributed by atoms with Crippen molar-refractivity contribution in [3.8, 4) is 5.75 Å². The molecule has 122 valence electrons. The van der Waals surface area contributed by atoms with Crippen LogP contribution in [0.25, 0.3) is 0 Å². The zero-order chi connectivity index (χ0) is 14.7. The number of likely N-dealkylation sites (tertiary alicyclic amines) is 1. The van der Waals surface area contributed by atoms with E-state index in [0.717, 1.165) is 37.2 Å². The fourth-order valence-electron chi connectivity index (χ4n) is 3.25. The van der Waals surface area contributed by atoms with Crippen molar-refractivity contribution in [2.24, 2.45) is 0 Å². The van der Waals surface area contributed by atoms with Crippen molar-refractivity contribution in [3.63, 3.8) is 0 Å². The Morgan fingerprint density at radius 3 is 2.95 bits per heavy atom. The molecule has 0 aromatic heterocycles. The van der Waals surface area contributed by atoms with Crippen LogP contribution in [0.3, 0.4) is 0 Å². The van der Waals surface area contributed by atoms with E-state index >= 15 is 0 Å². The Labute approximate surface area is 138 Å². The lowest BCUT2D eigenvalue weighted by Gasteiger charge is -2.24. The number of fused-ring (bicyclic) bond motifs is 2. The molecular formula is C17H25ClN2O2. The molecule has 1 N–H and O–H groups in total. The number of amides is 1. The predicted octanol–water partition coefficient (Wildman–Crippen LogP) is 2.86. The standard InChI is InChI=1S/C17H24N2O2.ClH/c1-2-10-21-16-5-3-4-13(11-16)17(20)19-9-8-14-6-7-15(12-19)18-14;/h3-5,11,14-15,18H,2,6-10,12H2,1H3;1H. The molecular weight excluding hydrogens is 300 g/mol. The molecule has 1 amide bonds. The highest BCUT2D eigenvalue weighted by Gasteiger charge is 2.31. The number of nitrogens with zero attached hydrogens (tertiary/aromatic N) is 1. The average Bonchev–Trinajstić information content (AvgIpc) is 2.84. The molecule has 22 heavy (non-hydrogen) atoms. The highest BCUT2D eigenvalue weighted by Crippen LogP contribution is 2.22. The topological polar surface area (TPSA) is 41.6 Å². The number of rotatable bonds is 4. The summed E-state index contributed by atoms with van der Waals surface area (Å²) in [6.45, 7) is 4.45. The van der Waals surface area contributed by atoms with Gasteiger partial charge in [-0.3, -0.25) is 4.79 Å². The molecule has 4 nitrogen and oxygen atoms in total. The van der Waals surface area contributed by atoms with Gasteiger partial charge in [0.1, 0.15) is 5.75 Å². The number of hydrogen-bond donors (Lipinski definition) is 1. The van der Waals surface area contributed by atoms with Gasteiger partial charge in [-0.2, -0.15) is 0 Å². The van der Waals surface area contributed by atoms with E-state index in [0.29, 0.717) is 18.7 Å². The van der Waals surface area contributed by atoms with Crippen molar-refractivity contribution in [2.45, 2.75) is 44.7 Å². The second-order valence-corrected chi connectivity index (χ2v) is 6.05. The third-order valence-corrected chi connectivity index (χ3v) is 4.36. The molecule has 2 atom stereocenters. The monoisotopic (exact) mass is 324 g/mol. The summed E-state index contributed by atoms with van der Waals surface area (Å²) in [5.74, 6) is 0.920. The summed E-state index contributed by atoms with van der Waals surface area (Å²) < 4.78 is 5.62. The SMILES string of the molecule is CCCOc1cccc(C(=O)N2CCC3CCC(C2)N3)c1.Cl. The average molecular weight is 325 g/mol. The molecule has 0 spiro atoms. The van der Waals surface area contributed by atoms with Crippen molar-refractivity contribution in [1.82, 2.24) is 10.2 Å². The van der Waals surface area contributed by atoms with E-state index in [1.165, 1.54) is 12.8 Å². The molecule has 0 radical (unpaired) electrons. The maximum Gasteiger partial charge on any atom is 0.254 e. The second-order valence-electron chi connectivity index (χ2n) is 6.05. The Hall–Kier alpha value is -1.26. The maximum atomic E-state index is 12.7. The number of hydrogen-bond acceptors (Lipinski definition) is 3. The molecule has 2 saturated heterocycles. The van der Waals surface area contributed by atoms with Gasteiger partial charge in [0.15, 0.2) is 0 Å². The Morgan fingerprint density at radius 1 is 1.32 bits per heavy atom. The minimum atomic E-state index is 0. The van der Waals surface area contributed by atoms with Crippen LogP contribution in [0.4, 0.5) is 0 Å². The zero-order valence-corrected chi connectivity index (χ0v) is 13.9. The summed E-state index contributed by atoms with van der Waals surface area (Å²) in [6, 6.07) is 8.65. The lowest BCUT2D eigenvalue weighted by Crippen LogP contribution is -2.39. The molecule has 0 saturated carbocycles. The Morgan fingerprint density at radius 2 is 2.14 bits per heavy atom. The lowest BCUT2D eigenvalue weighted by molar-refractivity contribution is 0.0747. The Kier molecular flexibility index (Phi) is 6.09. The second kappa shape index (κ2) is 7.84. The van der Waals surface area contributed by atoms with Gasteiger partial charge < -0.3 is 15.0 Å². The first-order chi connectivity index (χ1) is 10.3. The summed E-state index contributed by atoms with van der Waals surface area (Å²) in [6.07, 6.45) is 4.48. The predicted molar refractivity (Wildman–Crippen MR) is 89.9 cm³/mol. The molecule has 5 heteroatoms. The van der Waals surface area contributed by atoms with E-state index in [9.17, 15) is 4.79 Å². The summed E-state index contributed by atoms with van der Waals surface area (Å²) in [5.41, 5.74) is 0.737. The van der Waals surface area contributed by atoms with Crippen LogP contribution >= 0.6 is 12.4 Å². The van der Waals surface area contributed by atoms with E-state index in [1.54, 1.807) is 0 Å². The first-order valence-corrected chi connectivity index (χ1v) is 8.04. The largest absolute Gasteiger partial charge is 0.494 e. The number of ether oxygens (including phenoxy) is 1. The third-order valence-electron chi connectivity index (χ3n) is 4.36. The number of nitrogens with one attached hydrogen (secondary N) is 1. The maximum absolute atomic E-state index is 12.7. The lowest BCUT2D eigenvalue weighted by atomic mass is 10.1. The van der Waals surface area contributed by atoms with Crippen molar-refractivity contribution >= 4 is 18.3 Å². The van der Waals surface area contributed by atoms with Crippen LogP contribution in [0.2, 0.25) is 0 Å². The Bertz CT molecular complexity index is 509. The molecule has 2 aliphatic heterocycles. The van der Waals surface area contributed by atoms with Crippen LogP contribution in [-0.2, 0) is 0 Å². The van der Waals surface area contributed by atoms with Crippen molar-refractivity contribution in [1.29, 1.82) is 0 Å². The zero-order valence-electron chi connectivity index (χ0n) is 13.1. The highest BCUT2D eigenvalue weighted by atomic mass is 35.5. The van der Waals surface area contributed by atoms with Crippen LogP contribution < -0.4 is 10.1 Å². The first-order valence-electron chi connectivity index (χ1n) is 8.04. The van der Waals surface area contributed by atoms with Gasteiger partial charge in [0.2, 0.25) is 0 Å². The molecule has 2 heterocycles. The van der Waals surface area contributed by atoms with E-state index in [1.807, 2.05) is 29.2 Å². The highest BCUT2D eigenvalue weighted by molar-refractivity contribution is 5.94. The molecule has 2 aliphatic rings. The first kappa shape index (κ1) is 17.1. The van der Waals surface area contributed by atoms with E-state index in [-0.39, 0.29) is 18.3 Å². The fraction of sp³-hybridized carbons (Fsp3) is 0.588. The molecule has 2 unspecified atom stereocenters. The summed E-state index contributed by atoms with van der Waals surface area (Å²) in [4.78, 5) is 14.7. The van der Waals surface area contributed by atoms with Crippen molar-refractivity contribution in [2.75, 3.05) is 19.7 Å². The van der Waals surface area contributed by atoms with E-state index < -0.39 is 0 Å². The van der Waals surface area contributed by atoms with Crippen LogP contribution in [-0.4, -0.2) is 42.6 Å². The normalized spacial score (nSPS) is 23.6. The summed E-state index contributed by atoms with van der Waals surface area (Å²) in [7, 11) is 0. The van der Waals surface area contributed by atoms with Crippen molar-refractivity contribution in [3.05, 3.63) is 29.8 Å². The van der Waals surface area contributed by atoms with Crippen LogP contribution in [0.1, 0.15) is 43.0 Å². The van der Waals surface area contributed by atoms with Crippen molar-refractivity contribution < 1.29 is 9.53 Å². The number of carbonyl (C=O) groups is 1. The molecule has 1 aromatic carbocycles. The van der Waals surface area contributed by atoms with Gasteiger partial charge in [-0.25, -0.2) is 0 Å². The smallest absolute Gasteiger partial charge is 0.254 e. The third kappa shape index (κ3) is 3.93. The Balaban J connectivity index is 0.00000176.